The highest BCUT2D eigenvalue weighted by molar-refractivity contribution is 5.95. The van der Waals surface area contributed by atoms with Crippen LogP contribution in [0.1, 0.15) is 32.3 Å². The molecule has 0 saturated carbocycles. The van der Waals surface area contributed by atoms with Crippen LogP contribution in [0.4, 0.5) is 0 Å². The van der Waals surface area contributed by atoms with Crippen LogP contribution in [0.15, 0.2) is 78.6 Å². The lowest BCUT2D eigenvalue weighted by molar-refractivity contribution is -0.426. The van der Waals surface area contributed by atoms with Gasteiger partial charge in [0.25, 0.3) is 5.70 Å². The quantitative estimate of drug-likeness (QED) is 0.312. The number of nitro groups is 1. The fourth-order valence-electron chi connectivity index (χ4n) is 3.28. The van der Waals surface area contributed by atoms with Crippen LogP contribution in [0.25, 0.3) is 22.2 Å². The topological polar surface area (TPSA) is 48.1 Å². The highest BCUT2D eigenvalue weighted by Crippen LogP contribution is 2.32. The molecule has 0 N–H and O–H groups in total. The number of hydrogen-bond acceptors (Lipinski definition) is 2. The van der Waals surface area contributed by atoms with Crippen LogP contribution in [0, 0.1) is 10.1 Å². The summed E-state index contributed by atoms with van der Waals surface area (Å²) in [5.41, 5.74) is 3.85. The Balaban J connectivity index is 2.34. The molecule has 0 bridgehead atoms. The number of allylic oxidation sites excluding steroid dienone is 4. The largest absolute Gasteiger partial charge is 0.316 e. The second kappa shape index (κ2) is 7.83. The normalized spacial score (nSPS) is 12.5. The smallest absolute Gasteiger partial charge is 0.254 e. The van der Waals surface area contributed by atoms with Crippen molar-refractivity contribution in [1.29, 1.82) is 0 Å². The van der Waals surface area contributed by atoms with Crippen molar-refractivity contribution in [3.63, 3.8) is 0 Å². The molecule has 3 aromatic rings. The predicted octanol–water partition coefficient (Wildman–Crippen LogP) is 5.99. The summed E-state index contributed by atoms with van der Waals surface area (Å²) in [6.45, 7) is 3.85. The first kappa shape index (κ1) is 17.7. The van der Waals surface area contributed by atoms with E-state index >= 15 is 0 Å². The third kappa shape index (κ3) is 3.31. The zero-order chi connectivity index (χ0) is 18.5. The summed E-state index contributed by atoms with van der Waals surface area (Å²) in [6.07, 6.45) is 6.90. The van der Waals surface area contributed by atoms with Gasteiger partial charge in [0, 0.05) is 29.3 Å². The van der Waals surface area contributed by atoms with E-state index in [0.717, 1.165) is 28.6 Å². The number of rotatable bonds is 6. The minimum Gasteiger partial charge on any atom is -0.316 e. The van der Waals surface area contributed by atoms with Crippen molar-refractivity contribution in [2.45, 2.75) is 26.7 Å². The highest BCUT2D eigenvalue weighted by atomic mass is 16.6. The van der Waals surface area contributed by atoms with Gasteiger partial charge in [0.05, 0.1) is 16.0 Å². The van der Waals surface area contributed by atoms with Crippen LogP contribution in [0.5, 0.6) is 0 Å². The van der Waals surface area contributed by atoms with Gasteiger partial charge in [-0.15, -0.1) is 0 Å². The molecule has 1 heterocycles. The van der Waals surface area contributed by atoms with E-state index in [1.54, 1.807) is 0 Å². The van der Waals surface area contributed by atoms with Crippen molar-refractivity contribution in [3.05, 3.63) is 94.3 Å². The van der Waals surface area contributed by atoms with Gasteiger partial charge in [0.2, 0.25) is 0 Å². The Morgan fingerprint density at radius 2 is 1.88 bits per heavy atom. The molecule has 0 spiro atoms. The fourth-order valence-corrected chi connectivity index (χ4v) is 3.28. The maximum absolute atomic E-state index is 11.7. The van der Waals surface area contributed by atoms with Crippen molar-refractivity contribution in [2.24, 2.45) is 0 Å². The van der Waals surface area contributed by atoms with Gasteiger partial charge in [-0.05, 0) is 31.5 Å². The molecule has 0 atom stereocenters. The summed E-state index contributed by atoms with van der Waals surface area (Å²) in [5.74, 6) is 0. The first-order chi connectivity index (χ1) is 12.7. The molecule has 0 unspecified atom stereocenters. The molecule has 132 valence electrons. The van der Waals surface area contributed by atoms with E-state index in [9.17, 15) is 10.1 Å². The molecular formula is C22H22N2O2. The molecule has 0 radical (unpaired) electrons. The summed E-state index contributed by atoms with van der Waals surface area (Å²) in [7, 11) is 0. The minimum absolute atomic E-state index is 0.243. The average Bonchev–Trinajstić information content (AvgIpc) is 3.09. The van der Waals surface area contributed by atoms with Crippen LogP contribution >= 0.6 is 0 Å². The first-order valence-corrected chi connectivity index (χ1v) is 8.83. The number of fused-ring (bicyclic) bond motifs is 1. The number of hydrogen-bond donors (Lipinski definition) is 0. The Morgan fingerprint density at radius 1 is 1.12 bits per heavy atom. The van der Waals surface area contributed by atoms with Crippen LogP contribution in [0.2, 0.25) is 0 Å². The second-order valence-electron chi connectivity index (χ2n) is 6.13. The van der Waals surface area contributed by atoms with E-state index < -0.39 is 0 Å². The Labute approximate surface area is 153 Å². The third-order valence-corrected chi connectivity index (χ3v) is 4.39. The molecule has 0 aliphatic carbocycles. The molecule has 4 nitrogen and oxygen atoms in total. The van der Waals surface area contributed by atoms with Crippen LogP contribution < -0.4 is 0 Å². The van der Waals surface area contributed by atoms with Crippen molar-refractivity contribution >= 4 is 16.5 Å². The first-order valence-electron chi connectivity index (χ1n) is 8.83. The number of benzene rings is 2. The Bertz CT molecular complexity index is 982. The van der Waals surface area contributed by atoms with E-state index in [-0.39, 0.29) is 10.6 Å². The number of aromatic nitrogens is 1. The molecule has 0 amide bonds. The van der Waals surface area contributed by atoms with Gasteiger partial charge in [-0.2, -0.15) is 0 Å². The Morgan fingerprint density at radius 3 is 2.54 bits per heavy atom. The zero-order valence-corrected chi connectivity index (χ0v) is 15.1. The Kier molecular flexibility index (Phi) is 5.32. The van der Waals surface area contributed by atoms with Crippen LogP contribution in [-0.4, -0.2) is 9.49 Å². The molecule has 2 aromatic carbocycles. The molecule has 0 saturated heterocycles. The van der Waals surface area contributed by atoms with Crippen molar-refractivity contribution in [3.8, 4) is 5.69 Å². The van der Waals surface area contributed by atoms with Gasteiger partial charge in [0.15, 0.2) is 0 Å². The molecule has 4 heteroatoms. The monoisotopic (exact) mass is 346 g/mol. The summed E-state index contributed by atoms with van der Waals surface area (Å²) < 4.78 is 2.09. The van der Waals surface area contributed by atoms with Gasteiger partial charge in [0.1, 0.15) is 0 Å². The molecule has 26 heavy (non-hydrogen) atoms. The summed E-state index contributed by atoms with van der Waals surface area (Å²) in [6, 6.07) is 18.1. The summed E-state index contributed by atoms with van der Waals surface area (Å²) in [4.78, 5) is 11.5. The zero-order valence-electron chi connectivity index (χ0n) is 15.1. The van der Waals surface area contributed by atoms with Gasteiger partial charge < -0.3 is 4.57 Å². The van der Waals surface area contributed by atoms with Crippen LogP contribution in [0.3, 0.4) is 0 Å². The standard InChI is InChI=1S/C22H22N2O2/c1-3-9-19(21(10-4-2)24(25)26)20-14-8-11-17-15-16-23(22(17)20)18-12-6-5-7-13-18/h3,5-9,11-16H,4,10H2,1-2H3/b9-3-,21-19-. The lowest BCUT2D eigenvalue weighted by Crippen LogP contribution is -2.04. The van der Waals surface area contributed by atoms with E-state index in [2.05, 4.69) is 4.57 Å². The highest BCUT2D eigenvalue weighted by Gasteiger charge is 2.20. The average molecular weight is 346 g/mol. The number of nitrogens with zero attached hydrogens (tertiary/aromatic N) is 2. The lowest BCUT2D eigenvalue weighted by Gasteiger charge is -2.12. The van der Waals surface area contributed by atoms with E-state index in [1.165, 1.54) is 0 Å². The van der Waals surface area contributed by atoms with Crippen molar-refractivity contribution in [2.75, 3.05) is 0 Å². The van der Waals surface area contributed by atoms with Gasteiger partial charge in [-0.1, -0.05) is 55.5 Å². The van der Waals surface area contributed by atoms with E-state index in [0.29, 0.717) is 12.0 Å². The second-order valence-corrected chi connectivity index (χ2v) is 6.13. The predicted molar refractivity (Wildman–Crippen MR) is 107 cm³/mol. The minimum atomic E-state index is -0.243. The molecule has 1 aromatic heterocycles. The molecule has 0 fully saturated rings. The Hall–Kier alpha value is -3.14. The van der Waals surface area contributed by atoms with Crippen LogP contribution in [-0.2, 0) is 0 Å². The maximum atomic E-state index is 11.7. The van der Waals surface area contributed by atoms with Crippen molar-refractivity contribution < 1.29 is 4.92 Å². The van der Waals surface area contributed by atoms with E-state index in [1.807, 2.05) is 86.8 Å². The SMILES string of the molecule is C/C=C\C(=C(/CCC)[N+](=O)[O-])c1cccc2ccn(-c3ccccc3)c12. The van der Waals surface area contributed by atoms with Gasteiger partial charge in [-0.25, -0.2) is 0 Å². The number of para-hydroxylation sites is 2. The van der Waals surface area contributed by atoms with Crippen molar-refractivity contribution in [1.82, 2.24) is 4.57 Å². The van der Waals surface area contributed by atoms with Gasteiger partial charge in [-0.3, -0.25) is 10.1 Å². The fraction of sp³-hybridized carbons (Fsp3) is 0.182. The lowest BCUT2D eigenvalue weighted by atomic mass is 9.98. The van der Waals surface area contributed by atoms with Gasteiger partial charge >= 0.3 is 0 Å². The molecule has 0 aliphatic rings. The third-order valence-electron chi connectivity index (χ3n) is 4.39. The molecule has 0 aliphatic heterocycles. The molecular weight excluding hydrogens is 324 g/mol. The van der Waals surface area contributed by atoms with E-state index in [4.69, 9.17) is 0 Å². The maximum Gasteiger partial charge on any atom is 0.254 e. The summed E-state index contributed by atoms with van der Waals surface area (Å²) in [5, 5.41) is 12.8. The molecule has 3 rings (SSSR count). The summed E-state index contributed by atoms with van der Waals surface area (Å²) >= 11 is 0.